The third kappa shape index (κ3) is 5.20. The van der Waals surface area contributed by atoms with Gasteiger partial charge in [-0.05, 0) is 62.0 Å². The molecule has 2 aliphatic heterocycles. The number of piperidine rings is 1. The SMILES string of the molecule is CCC(CC)CN1CCC(CN2C(=S)NC[C@@H]2Cc2ccccc2)CC1. The molecule has 0 aromatic heterocycles. The van der Waals surface area contributed by atoms with E-state index in [9.17, 15) is 0 Å². The summed E-state index contributed by atoms with van der Waals surface area (Å²) >= 11 is 5.62. The largest absolute Gasteiger partial charge is 0.360 e. The first-order valence-electron chi connectivity index (χ1n) is 10.5. The highest BCUT2D eigenvalue weighted by Gasteiger charge is 2.31. The summed E-state index contributed by atoms with van der Waals surface area (Å²) in [5, 5.41) is 4.39. The third-order valence-electron chi connectivity index (χ3n) is 6.34. The monoisotopic (exact) mass is 373 g/mol. The van der Waals surface area contributed by atoms with Crippen LogP contribution in [0, 0.1) is 11.8 Å². The summed E-state index contributed by atoms with van der Waals surface area (Å²) in [5.74, 6) is 1.65. The lowest BCUT2D eigenvalue weighted by molar-refractivity contribution is 0.140. The summed E-state index contributed by atoms with van der Waals surface area (Å²) < 4.78 is 0. The first-order chi connectivity index (χ1) is 12.7. The van der Waals surface area contributed by atoms with Crippen LogP contribution in [0.2, 0.25) is 0 Å². The molecule has 0 radical (unpaired) electrons. The lowest BCUT2D eigenvalue weighted by Gasteiger charge is -2.37. The number of rotatable bonds is 8. The van der Waals surface area contributed by atoms with Crippen LogP contribution in [-0.2, 0) is 6.42 Å². The quantitative estimate of drug-likeness (QED) is 0.696. The first-order valence-corrected chi connectivity index (χ1v) is 10.9. The summed E-state index contributed by atoms with van der Waals surface area (Å²) in [7, 11) is 0. The zero-order chi connectivity index (χ0) is 18.4. The highest BCUT2D eigenvalue weighted by Crippen LogP contribution is 2.23. The van der Waals surface area contributed by atoms with Crippen molar-refractivity contribution in [3.05, 3.63) is 35.9 Å². The van der Waals surface area contributed by atoms with Crippen LogP contribution in [0.25, 0.3) is 0 Å². The van der Waals surface area contributed by atoms with Crippen molar-refractivity contribution in [3.8, 4) is 0 Å². The highest BCUT2D eigenvalue weighted by atomic mass is 32.1. The maximum atomic E-state index is 5.62. The molecule has 0 aliphatic carbocycles. The molecule has 0 bridgehead atoms. The standard InChI is InChI=1S/C22H35N3S/c1-3-18(4-2)16-24-12-10-20(11-13-24)17-25-21(15-23-22(25)26)14-19-8-6-5-7-9-19/h5-9,18,20-21H,3-4,10-17H2,1-2H3,(H,23,26)/t21-/m0/s1. The summed E-state index contributed by atoms with van der Waals surface area (Å²) in [6, 6.07) is 11.3. The molecule has 1 aromatic carbocycles. The molecule has 1 N–H and O–H groups in total. The van der Waals surface area contributed by atoms with E-state index in [1.54, 1.807) is 0 Å². The highest BCUT2D eigenvalue weighted by molar-refractivity contribution is 7.80. The minimum atomic E-state index is 0.507. The van der Waals surface area contributed by atoms with E-state index in [0.29, 0.717) is 6.04 Å². The maximum absolute atomic E-state index is 5.62. The van der Waals surface area contributed by atoms with Crippen molar-refractivity contribution in [3.63, 3.8) is 0 Å². The van der Waals surface area contributed by atoms with Gasteiger partial charge in [-0.2, -0.15) is 0 Å². The van der Waals surface area contributed by atoms with Crippen LogP contribution in [0.3, 0.4) is 0 Å². The van der Waals surface area contributed by atoms with Crippen LogP contribution < -0.4 is 5.32 Å². The molecule has 3 rings (SSSR count). The van der Waals surface area contributed by atoms with Crippen molar-refractivity contribution in [1.29, 1.82) is 0 Å². The minimum absolute atomic E-state index is 0.507. The average Bonchev–Trinajstić information content (AvgIpc) is 3.01. The summed E-state index contributed by atoms with van der Waals surface area (Å²) in [4.78, 5) is 5.17. The van der Waals surface area contributed by atoms with Crippen molar-refractivity contribution in [2.45, 2.75) is 52.0 Å². The van der Waals surface area contributed by atoms with Gasteiger partial charge in [-0.3, -0.25) is 0 Å². The zero-order valence-corrected chi connectivity index (χ0v) is 17.3. The minimum Gasteiger partial charge on any atom is -0.360 e. The van der Waals surface area contributed by atoms with Gasteiger partial charge in [0.25, 0.3) is 0 Å². The van der Waals surface area contributed by atoms with Crippen molar-refractivity contribution in [1.82, 2.24) is 15.1 Å². The molecule has 2 saturated heterocycles. The molecule has 1 atom stereocenters. The molecule has 4 heteroatoms. The second-order valence-corrected chi connectivity index (χ2v) is 8.50. The molecular weight excluding hydrogens is 338 g/mol. The number of hydrogen-bond donors (Lipinski definition) is 1. The molecular formula is C22H35N3S. The van der Waals surface area contributed by atoms with Gasteiger partial charge in [0.15, 0.2) is 5.11 Å². The van der Waals surface area contributed by atoms with Crippen LogP contribution in [0.15, 0.2) is 30.3 Å². The van der Waals surface area contributed by atoms with Gasteiger partial charge in [0, 0.05) is 19.6 Å². The number of thiocarbonyl (C=S) groups is 1. The summed E-state index contributed by atoms with van der Waals surface area (Å²) in [6.07, 6.45) is 6.34. The Labute approximate surface area is 165 Å². The molecule has 0 saturated carbocycles. The normalized spacial score (nSPS) is 22.2. The van der Waals surface area contributed by atoms with Gasteiger partial charge in [-0.25, -0.2) is 0 Å². The Morgan fingerprint density at radius 2 is 1.81 bits per heavy atom. The molecule has 0 unspecified atom stereocenters. The van der Waals surface area contributed by atoms with Crippen LogP contribution in [0.5, 0.6) is 0 Å². The smallest absolute Gasteiger partial charge is 0.169 e. The Kier molecular flexibility index (Phi) is 7.32. The van der Waals surface area contributed by atoms with Crippen LogP contribution in [-0.4, -0.2) is 53.7 Å². The molecule has 0 amide bonds. The second-order valence-electron chi connectivity index (χ2n) is 8.11. The van der Waals surface area contributed by atoms with Crippen LogP contribution >= 0.6 is 12.2 Å². The van der Waals surface area contributed by atoms with Gasteiger partial charge in [-0.1, -0.05) is 57.0 Å². The van der Waals surface area contributed by atoms with E-state index >= 15 is 0 Å². The molecule has 26 heavy (non-hydrogen) atoms. The molecule has 0 spiro atoms. The molecule has 3 nitrogen and oxygen atoms in total. The number of hydrogen-bond acceptors (Lipinski definition) is 2. The fourth-order valence-electron chi connectivity index (χ4n) is 4.42. The van der Waals surface area contributed by atoms with E-state index in [4.69, 9.17) is 12.2 Å². The second kappa shape index (κ2) is 9.70. The van der Waals surface area contributed by atoms with Crippen molar-refractivity contribution in [2.24, 2.45) is 11.8 Å². The zero-order valence-electron chi connectivity index (χ0n) is 16.5. The van der Waals surface area contributed by atoms with Gasteiger partial charge in [0.2, 0.25) is 0 Å². The lowest BCUT2D eigenvalue weighted by atomic mass is 9.93. The Hall–Kier alpha value is -1.13. The molecule has 2 fully saturated rings. The molecule has 2 aliphatic rings. The van der Waals surface area contributed by atoms with Gasteiger partial charge in [0.1, 0.15) is 0 Å². The van der Waals surface area contributed by atoms with E-state index in [2.05, 4.69) is 59.3 Å². The van der Waals surface area contributed by atoms with Gasteiger partial charge in [0.05, 0.1) is 6.04 Å². The van der Waals surface area contributed by atoms with Gasteiger partial charge >= 0.3 is 0 Å². The van der Waals surface area contributed by atoms with E-state index < -0.39 is 0 Å². The van der Waals surface area contributed by atoms with Crippen LogP contribution in [0.4, 0.5) is 0 Å². The predicted molar refractivity (Wildman–Crippen MR) is 114 cm³/mol. The van der Waals surface area contributed by atoms with E-state index in [1.807, 2.05) is 0 Å². The Bertz CT molecular complexity index is 550. The summed E-state index contributed by atoms with van der Waals surface area (Å²) in [5.41, 5.74) is 1.41. The Morgan fingerprint density at radius 3 is 2.46 bits per heavy atom. The van der Waals surface area contributed by atoms with Gasteiger partial charge < -0.3 is 15.1 Å². The van der Waals surface area contributed by atoms with E-state index in [1.165, 1.54) is 50.9 Å². The number of nitrogens with zero attached hydrogens (tertiary/aromatic N) is 2. The third-order valence-corrected chi connectivity index (χ3v) is 6.72. The summed E-state index contributed by atoms with van der Waals surface area (Å²) in [6.45, 7) is 10.6. The Morgan fingerprint density at radius 1 is 1.12 bits per heavy atom. The molecule has 1 aromatic rings. The lowest BCUT2D eigenvalue weighted by Crippen LogP contribution is -2.43. The number of nitrogens with one attached hydrogen (secondary N) is 1. The van der Waals surface area contributed by atoms with Crippen molar-refractivity contribution >= 4 is 17.3 Å². The number of likely N-dealkylation sites (tertiary alicyclic amines) is 1. The number of benzene rings is 1. The maximum Gasteiger partial charge on any atom is 0.169 e. The molecule has 2 heterocycles. The fourth-order valence-corrected chi connectivity index (χ4v) is 4.73. The average molecular weight is 374 g/mol. The predicted octanol–water partition coefficient (Wildman–Crippen LogP) is 3.94. The van der Waals surface area contributed by atoms with Crippen LogP contribution in [0.1, 0.15) is 45.1 Å². The topological polar surface area (TPSA) is 18.5 Å². The molecule has 144 valence electrons. The fraction of sp³-hybridized carbons (Fsp3) is 0.682. The van der Waals surface area contributed by atoms with Crippen molar-refractivity contribution < 1.29 is 0 Å². The van der Waals surface area contributed by atoms with E-state index in [0.717, 1.165) is 36.5 Å². The van der Waals surface area contributed by atoms with E-state index in [-0.39, 0.29) is 0 Å². The first kappa shape index (κ1) is 19.6. The van der Waals surface area contributed by atoms with Crippen molar-refractivity contribution in [2.75, 3.05) is 32.7 Å². The Balaban J connectivity index is 1.49. The van der Waals surface area contributed by atoms with Gasteiger partial charge in [-0.15, -0.1) is 0 Å².